The Morgan fingerprint density at radius 1 is 1.20 bits per heavy atom. The van der Waals surface area contributed by atoms with Crippen LogP contribution in [0.15, 0.2) is 30.3 Å². The van der Waals surface area contributed by atoms with E-state index in [0.29, 0.717) is 13.0 Å². The fourth-order valence-electron chi connectivity index (χ4n) is 2.13. The summed E-state index contributed by atoms with van der Waals surface area (Å²) in [5.74, 6) is 0. The number of ether oxygens (including phenoxy) is 4. The predicted molar refractivity (Wildman–Crippen MR) is 73.2 cm³/mol. The van der Waals surface area contributed by atoms with Crippen LogP contribution in [0.2, 0.25) is 0 Å². The largest absolute Gasteiger partial charge is 0.388 e. The molecule has 0 aliphatic carbocycles. The van der Waals surface area contributed by atoms with Crippen LogP contribution in [0.25, 0.3) is 0 Å². The SMILES string of the molecule is COC(C[C@H]1O[C@H]1[C@@H](O)COCc1ccccc1)OC. The summed E-state index contributed by atoms with van der Waals surface area (Å²) in [6.07, 6.45) is -0.484. The number of hydrogen-bond acceptors (Lipinski definition) is 5. The third kappa shape index (κ3) is 4.54. The van der Waals surface area contributed by atoms with Crippen LogP contribution < -0.4 is 0 Å². The fraction of sp³-hybridized carbons (Fsp3) is 0.600. The van der Waals surface area contributed by atoms with Crippen LogP contribution in [0.3, 0.4) is 0 Å². The van der Waals surface area contributed by atoms with Gasteiger partial charge >= 0.3 is 0 Å². The van der Waals surface area contributed by atoms with Gasteiger partial charge in [-0.15, -0.1) is 0 Å². The molecule has 1 aromatic carbocycles. The minimum atomic E-state index is -0.613. The number of methoxy groups -OCH3 is 2. The highest BCUT2D eigenvalue weighted by atomic mass is 16.7. The van der Waals surface area contributed by atoms with Crippen molar-refractivity contribution >= 4 is 0 Å². The Bertz CT molecular complexity index is 379. The molecule has 0 amide bonds. The molecule has 0 radical (unpaired) electrons. The van der Waals surface area contributed by atoms with E-state index in [1.807, 2.05) is 30.3 Å². The Morgan fingerprint density at radius 2 is 1.90 bits per heavy atom. The van der Waals surface area contributed by atoms with Crippen LogP contribution >= 0.6 is 0 Å². The summed E-state index contributed by atoms with van der Waals surface area (Å²) in [5.41, 5.74) is 1.09. The van der Waals surface area contributed by atoms with Gasteiger partial charge in [-0.25, -0.2) is 0 Å². The average molecular weight is 282 g/mol. The van der Waals surface area contributed by atoms with E-state index in [0.717, 1.165) is 5.56 Å². The number of aliphatic hydroxyl groups is 1. The lowest BCUT2D eigenvalue weighted by Crippen LogP contribution is -2.25. The second-order valence-corrected chi connectivity index (χ2v) is 4.84. The zero-order valence-electron chi connectivity index (χ0n) is 11.9. The molecular formula is C15H22O5. The maximum atomic E-state index is 9.96. The molecule has 1 N–H and O–H groups in total. The number of benzene rings is 1. The zero-order valence-corrected chi connectivity index (χ0v) is 11.9. The zero-order chi connectivity index (χ0) is 14.4. The molecule has 0 unspecified atom stereocenters. The molecular weight excluding hydrogens is 260 g/mol. The van der Waals surface area contributed by atoms with Crippen LogP contribution in [-0.2, 0) is 25.6 Å². The summed E-state index contributed by atoms with van der Waals surface area (Å²) >= 11 is 0. The van der Waals surface area contributed by atoms with Gasteiger partial charge in [0.15, 0.2) is 6.29 Å². The second-order valence-electron chi connectivity index (χ2n) is 4.84. The highest BCUT2D eigenvalue weighted by Crippen LogP contribution is 2.30. The Morgan fingerprint density at radius 3 is 2.55 bits per heavy atom. The van der Waals surface area contributed by atoms with Gasteiger partial charge in [0.25, 0.3) is 0 Å². The van der Waals surface area contributed by atoms with Crippen molar-refractivity contribution in [1.82, 2.24) is 0 Å². The van der Waals surface area contributed by atoms with Crippen LogP contribution in [-0.4, -0.2) is 50.5 Å². The Balaban J connectivity index is 1.63. The molecule has 1 heterocycles. The van der Waals surface area contributed by atoms with E-state index in [4.69, 9.17) is 18.9 Å². The molecule has 1 aliphatic rings. The molecule has 5 heteroatoms. The Labute approximate surface area is 119 Å². The van der Waals surface area contributed by atoms with Crippen molar-refractivity contribution in [2.24, 2.45) is 0 Å². The molecule has 0 aromatic heterocycles. The summed E-state index contributed by atoms with van der Waals surface area (Å²) in [6.45, 7) is 0.759. The lowest BCUT2D eigenvalue weighted by atomic mass is 10.1. The predicted octanol–water partition coefficient (Wildman–Crippen LogP) is 1.34. The summed E-state index contributed by atoms with van der Waals surface area (Å²) in [5, 5.41) is 9.96. The van der Waals surface area contributed by atoms with Gasteiger partial charge in [0.05, 0.1) is 19.3 Å². The molecule has 1 aromatic rings. The normalized spacial score (nSPS) is 23.0. The fourth-order valence-corrected chi connectivity index (χ4v) is 2.13. The molecule has 20 heavy (non-hydrogen) atoms. The Kier molecular flexibility index (Phi) is 5.94. The van der Waals surface area contributed by atoms with Gasteiger partial charge in [-0.1, -0.05) is 30.3 Å². The van der Waals surface area contributed by atoms with Gasteiger partial charge in [-0.05, 0) is 5.56 Å². The van der Waals surface area contributed by atoms with E-state index in [1.54, 1.807) is 14.2 Å². The van der Waals surface area contributed by atoms with Gasteiger partial charge in [-0.2, -0.15) is 0 Å². The van der Waals surface area contributed by atoms with Crippen molar-refractivity contribution in [2.45, 2.75) is 37.6 Å². The number of aliphatic hydroxyl groups excluding tert-OH is 1. The van der Waals surface area contributed by atoms with Crippen molar-refractivity contribution in [3.8, 4) is 0 Å². The van der Waals surface area contributed by atoms with Gasteiger partial charge < -0.3 is 24.1 Å². The van der Waals surface area contributed by atoms with E-state index < -0.39 is 6.10 Å². The molecule has 1 fully saturated rings. The van der Waals surface area contributed by atoms with Crippen molar-refractivity contribution in [3.63, 3.8) is 0 Å². The first-order chi connectivity index (χ1) is 9.74. The number of hydrogen-bond donors (Lipinski definition) is 1. The van der Waals surface area contributed by atoms with Gasteiger partial charge in [0, 0.05) is 20.6 Å². The topological polar surface area (TPSA) is 60.5 Å². The van der Waals surface area contributed by atoms with Crippen molar-refractivity contribution in [1.29, 1.82) is 0 Å². The first-order valence-electron chi connectivity index (χ1n) is 6.75. The lowest BCUT2D eigenvalue weighted by molar-refractivity contribution is -0.109. The monoisotopic (exact) mass is 282 g/mol. The van der Waals surface area contributed by atoms with Crippen LogP contribution in [0.5, 0.6) is 0 Å². The Hall–Kier alpha value is -0.980. The smallest absolute Gasteiger partial charge is 0.159 e. The van der Waals surface area contributed by atoms with Crippen LogP contribution in [0.1, 0.15) is 12.0 Å². The summed E-state index contributed by atoms with van der Waals surface area (Å²) in [7, 11) is 3.18. The van der Waals surface area contributed by atoms with E-state index in [9.17, 15) is 5.11 Å². The molecule has 2 rings (SSSR count). The van der Waals surface area contributed by atoms with Crippen LogP contribution in [0, 0.1) is 0 Å². The molecule has 0 spiro atoms. The molecule has 112 valence electrons. The first-order valence-corrected chi connectivity index (χ1v) is 6.75. The lowest BCUT2D eigenvalue weighted by Gasteiger charge is -2.12. The minimum Gasteiger partial charge on any atom is -0.388 e. The summed E-state index contributed by atoms with van der Waals surface area (Å²) in [6, 6.07) is 9.87. The second kappa shape index (κ2) is 7.71. The number of epoxide rings is 1. The average Bonchev–Trinajstić information content (AvgIpc) is 3.25. The van der Waals surface area contributed by atoms with E-state index >= 15 is 0 Å². The van der Waals surface area contributed by atoms with Crippen molar-refractivity contribution in [2.75, 3.05) is 20.8 Å². The third-order valence-corrected chi connectivity index (χ3v) is 3.35. The molecule has 3 atom stereocenters. The summed E-state index contributed by atoms with van der Waals surface area (Å²) in [4.78, 5) is 0. The van der Waals surface area contributed by atoms with Gasteiger partial charge in [-0.3, -0.25) is 0 Å². The quantitative estimate of drug-likeness (QED) is 0.547. The molecule has 5 nitrogen and oxygen atoms in total. The van der Waals surface area contributed by atoms with Crippen molar-refractivity contribution in [3.05, 3.63) is 35.9 Å². The van der Waals surface area contributed by atoms with E-state index in [1.165, 1.54) is 0 Å². The molecule has 1 saturated heterocycles. The van der Waals surface area contributed by atoms with Gasteiger partial charge in [0.1, 0.15) is 12.2 Å². The van der Waals surface area contributed by atoms with Crippen LogP contribution in [0.4, 0.5) is 0 Å². The van der Waals surface area contributed by atoms with Gasteiger partial charge in [0.2, 0.25) is 0 Å². The standard InChI is InChI=1S/C15H22O5/c1-17-14(18-2)8-13-15(20-13)12(16)10-19-9-11-6-4-3-5-7-11/h3-7,12-16H,8-10H2,1-2H3/t12-,13+,15-/m0/s1. The third-order valence-electron chi connectivity index (χ3n) is 3.35. The number of rotatable bonds is 9. The maximum absolute atomic E-state index is 9.96. The minimum absolute atomic E-state index is 0.0183. The molecule has 0 saturated carbocycles. The highest BCUT2D eigenvalue weighted by molar-refractivity contribution is 5.13. The summed E-state index contributed by atoms with van der Waals surface area (Å²) < 4.78 is 21.1. The van der Waals surface area contributed by atoms with E-state index in [2.05, 4.69) is 0 Å². The first kappa shape index (κ1) is 15.4. The maximum Gasteiger partial charge on any atom is 0.159 e. The highest BCUT2D eigenvalue weighted by Gasteiger charge is 2.45. The van der Waals surface area contributed by atoms with E-state index in [-0.39, 0.29) is 25.1 Å². The molecule has 1 aliphatic heterocycles. The van der Waals surface area contributed by atoms with Crippen molar-refractivity contribution < 1.29 is 24.1 Å². The molecule has 0 bridgehead atoms.